The van der Waals surface area contributed by atoms with Crippen molar-refractivity contribution in [3.63, 3.8) is 0 Å². The summed E-state index contributed by atoms with van der Waals surface area (Å²) in [6.07, 6.45) is 4.05. The summed E-state index contributed by atoms with van der Waals surface area (Å²) in [7, 11) is 0. The third kappa shape index (κ3) is 1.89. The van der Waals surface area contributed by atoms with Crippen molar-refractivity contribution in [1.29, 1.82) is 0 Å². The van der Waals surface area contributed by atoms with Crippen LogP contribution in [0.3, 0.4) is 0 Å². The fourth-order valence-corrected chi connectivity index (χ4v) is 2.90. The van der Waals surface area contributed by atoms with Crippen LogP contribution in [0.5, 0.6) is 0 Å². The van der Waals surface area contributed by atoms with Crippen molar-refractivity contribution in [3.05, 3.63) is 52.0 Å². The van der Waals surface area contributed by atoms with E-state index in [0.29, 0.717) is 5.69 Å². The summed E-state index contributed by atoms with van der Waals surface area (Å²) in [4.78, 5) is 0. The molecular formula is C14H13BrFNO. The molecule has 1 heterocycles. The number of nitrogens with zero attached hydrogens (tertiary/aromatic N) is 1. The molecule has 0 amide bonds. The van der Waals surface area contributed by atoms with Gasteiger partial charge in [0.2, 0.25) is 0 Å². The van der Waals surface area contributed by atoms with Crippen LogP contribution in [0.25, 0.3) is 5.69 Å². The molecule has 0 saturated carbocycles. The Morgan fingerprint density at radius 2 is 2.17 bits per heavy atom. The van der Waals surface area contributed by atoms with Crippen molar-refractivity contribution in [3.8, 4) is 5.69 Å². The molecule has 1 aromatic heterocycles. The van der Waals surface area contributed by atoms with E-state index in [4.69, 9.17) is 0 Å². The number of hydrogen-bond donors (Lipinski definition) is 1. The fraction of sp³-hybridized carbons (Fsp3) is 0.286. The average Bonchev–Trinajstić information content (AvgIpc) is 2.74. The molecule has 2 nitrogen and oxygen atoms in total. The van der Waals surface area contributed by atoms with E-state index in [0.717, 1.165) is 35.0 Å². The van der Waals surface area contributed by atoms with Gasteiger partial charge >= 0.3 is 0 Å². The van der Waals surface area contributed by atoms with E-state index in [9.17, 15) is 9.50 Å². The highest BCUT2D eigenvalue weighted by atomic mass is 79.9. The number of rotatable bonds is 1. The molecule has 18 heavy (non-hydrogen) atoms. The maximum Gasteiger partial charge on any atom is 0.148 e. The Bertz CT molecular complexity index is 593. The number of aliphatic hydroxyl groups excluding tert-OH is 1. The summed E-state index contributed by atoms with van der Waals surface area (Å²) < 4.78 is 16.5. The van der Waals surface area contributed by atoms with E-state index in [2.05, 4.69) is 15.9 Å². The number of halogens is 2. The van der Waals surface area contributed by atoms with E-state index >= 15 is 0 Å². The monoisotopic (exact) mass is 309 g/mol. The summed E-state index contributed by atoms with van der Waals surface area (Å²) in [6.45, 7) is 0. The smallest absolute Gasteiger partial charge is 0.148 e. The van der Waals surface area contributed by atoms with Crippen LogP contribution in [0.1, 0.15) is 30.2 Å². The van der Waals surface area contributed by atoms with Gasteiger partial charge in [-0.1, -0.05) is 15.9 Å². The Kier molecular flexibility index (Phi) is 2.99. The highest BCUT2D eigenvalue weighted by Crippen LogP contribution is 2.32. The summed E-state index contributed by atoms with van der Waals surface area (Å²) >= 11 is 3.25. The van der Waals surface area contributed by atoms with Crippen molar-refractivity contribution in [2.75, 3.05) is 0 Å². The number of aliphatic hydroxyl groups is 1. The zero-order valence-electron chi connectivity index (χ0n) is 9.74. The summed E-state index contributed by atoms with van der Waals surface area (Å²) in [5, 5.41) is 9.92. The maximum atomic E-state index is 14.0. The molecule has 4 heteroatoms. The van der Waals surface area contributed by atoms with Crippen molar-refractivity contribution >= 4 is 15.9 Å². The van der Waals surface area contributed by atoms with Crippen molar-refractivity contribution in [1.82, 2.24) is 4.57 Å². The second kappa shape index (κ2) is 4.52. The van der Waals surface area contributed by atoms with Crippen molar-refractivity contribution in [2.45, 2.75) is 25.4 Å². The van der Waals surface area contributed by atoms with Gasteiger partial charge in [-0.25, -0.2) is 4.39 Å². The molecule has 1 N–H and O–H groups in total. The molecule has 1 aromatic carbocycles. The second-order valence-corrected chi connectivity index (χ2v) is 5.51. The van der Waals surface area contributed by atoms with E-state index in [1.165, 1.54) is 6.07 Å². The van der Waals surface area contributed by atoms with Crippen LogP contribution < -0.4 is 0 Å². The van der Waals surface area contributed by atoms with Gasteiger partial charge < -0.3 is 9.67 Å². The van der Waals surface area contributed by atoms with Gasteiger partial charge in [0.05, 0.1) is 11.8 Å². The lowest BCUT2D eigenvalue weighted by Crippen LogP contribution is -2.11. The average molecular weight is 310 g/mol. The topological polar surface area (TPSA) is 25.2 Å². The van der Waals surface area contributed by atoms with E-state index in [-0.39, 0.29) is 5.82 Å². The Morgan fingerprint density at radius 3 is 2.94 bits per heavy atom. The van der Waals surface area contributed by atoms with Crippen LogP contribution in [0.4, 0.5) is 4.39 Å². The Morgan fingerprint density at radius 1 is 1.33 bits per heavy atom. The number of benzene rings is 1. The van der Waals surface area contributed by atoms with Crippen molar-refractivity contribution in [2.24, 2.45) is 0 Å². The van der Waals surface area contributed by atoms with Gasteiger partial charge in [-0.3, -0.25) is 0 Å². The standard InChI is InChI=1S/C14H13BrFNO/c15-9-4-5-13(11(16)8-9)17-7-6-10-12(17)2-1-3-14(10)18/h4-8,14,18H,1-3H2. The Balaban J connectivity index is 2.12. The number of fused-ring (bicyclic) bond motifs is 1. The lowest BCUT2D eigenvalue weighted by atomic mass is 9.95. The normalized spacial score (nSPS) is 18.7. The van der Waals surface area contributed by atoms with Gasteiger partial charge in [0, 0.05) is 21.9 Å². The first-order valence-corrected chi connectivity index (χ1v) is 6.80. The molecule has 2 aromatic rings. The molecule has 0 fully saturated rings. The van der Waals surface area contributed by atoms with Crippen LogP contribution in [-0.4, -0.2) is 9.67 Å². The summed E-state index contributed by atoms with van der Waals surface area (Å²) in [5.74, 6) is -0.261. The Labute approximate surface area is 113 Å². The van der Waals surface area contributed by atoms with E-state index in [1.807, 2.05) is 22.9 Å². The van der Waals surface area contributed by atoms with Gasteiger partial charge in [0.25, 0.3) is 0 Å². The van der Waals surface area contributed by atoms with Crippen LogP contribution in [-0.2, 0) is 6.42 Å². The highest BCUT2D eigenvalue weighted by molar-refractivity contribution is 9.10. The van der Waals surface area contributed by atoms with Crippen molar-refractivity contribution < 1.29 is 9.50 Å². The molecular weight excluding hydrogens is 297 g/mol. The maximum absolute atomic E-state index is 14.0. The molecule has 0 bridgehead atoms. The molecule has 1 atom stereocenters. The first-order valence-electron chi connectivity index (χ1n) is 6.00. The summed E-state index contributed by atoms with van der Waals surface area (Å²) in [6, 6.07) is 6.92. The lowest BCUT2D eigenvalue weighted by molar-refractivity contribution is 0.156. The van der Waals surface area contributed by atoms with Gasteiger partial charge in [0.1, 0.15) is 5.82 Å². The minimum Gasteiger partial charge on any atom is -0.388 e. The molecule has 3 rings (SSSR count). The number of hydrogen-bond acceptors (Lipinski definition) is 1. The largest absolute Gasteiger partial charge is 0.388 e. The van der Waals surface area contributed by atoms with Crippen LogP contribution in [0.15, 0.2) is 34.9 Å². The minimum atomic E-state index is -0.409. The van der Waals surface area contributed by atoms with Gasteiger partial charge in [-0.2, -0.15) is 0 Å². The molecule has 0 aliphatic heterocycles. The van der Waals surface area contributed by atoms with Crippen LogP contribution >= 0.6 is 15.9 Å². The number of aromatic nitrogens is 1. The van der Waals surface area contributed by atoms with Crippen LogP contribution in [0, 0.1) is 5.82 Å². The third-order valence-corrected chi connectivity index (χ3v) is 3.94. The van der Waals surface area contributed by atoms with E-state index in [1.54, 1.807) is 6.07 Å². The van der Waals surface area contributed by atoms with E-state index < -0.39 is 6.10 Å². The zero-order chi connectivity index (χ0) is 12.7. The molecule has 1 aliphatic rings. The first-order chi connectivity index (χ1) is 8.66. The van der Waals surface area contributed by atoms with Gasteiger partial charge in [0.15, 0.2) is 0 Å². The van der Waals surface area contributed by atoms with Gasteiger partial charge in [-0.15, -0.1) is 0 Å². The highest BCUT2D eigenvalue weighted by Gasteiger charge is 2.22. The predicted molar refractivity (Wildman–Crippen MR) is 71.3 cm³/mol. The quantitative estimate of drug-likeness (QED) is 0.852. The third-order valence-electron chi connectivity index (χ3n) is 3.45. The molecule has 0 radical (unpaired) electrons. The molecule has 94 valence electrons. The SMILES string of the molecule is OC1CCCc2c1ccn2-c1ccc(Br)cc1F. The molecule has 1 aliphatic carbocycles. The predicted octanol–water partition coefficient (Wildman–Crippen LogP) is 3.75. The summed E-state index contributed by atoms with van der Waals surface area (Å²) in [5.41, 5.74) is 2.49. The van der Waals surface area contributed by atoms with Gasteiger partial charge in [-0.05, 0) is 43.5 Å². The first kappa shape index (κ1) is 11.9. The molecule has 1 unspecified atom stereocenters. The fourth-order valence-electron chi connectivity index (χ4n) is 2.57. The zero-order valence-corrected chi connectivity index (χ0v) is 11.3. The Hall–Kier alpha value is -1.13. The lowest BCUT2D eigenvalue weighted by Gasteiger charge is -2.20. The molecule has 0 saturated heterocycles. The molecule has 0 spiro atoms. The second-order valence-electron chi connectivity index (χ2n) is 4.59. The minimum absolute atomic E-state index is 0.261. The van der Waals surface area contributed by atoms with Crippen LogP contribution in [0.2, 0.25) is 0 Å².